The number of aryl methyl sites for hydroxylation is 1. The maximum atomic E-state index is 12.5. The smallest absolute Gasteiger partial charge is 0.261 e. The number of hydrogen-bond donors (Lipinski definition) is 4. The van der Waals surface area contributed by atoms with Crippen molar-refractivity contribution in [3.05, 3.63) is 41.2 Å². The van der Waals surface area contributed by atoms with Gasteiger partial charge in [0.05, 0.1) is 16.3 Å². The van der Waals surface area contributed by atoms with Crippen molar-refractivity contribution in [1.82, 2.24) is 9.62 Å². The molecule has 2 atom stereocenters. The molecule has 5 N–H and O–H groups in total. The Bertz CT molecular complexity index is 737. The van der Waals surface area contributed by atoms with Gasteiger partial charge in [0.1, 0.15) is 12.2 Å². The summed E-state index contributed by atoms with van der Waals surface area (Å²) in [4.78, 5) is 2.02. The maximum Gasteiger partial charge on any atom is 0.261 e. The minimum Gasteiger partial charge on any atom is -0.384 e. The quantitative estimate of drug-likeness (QED) is 0.588. The number of piperidine rings is 1. The highest BCUT2D eigenvalue weighted by Gasteiger charge is 2.43. The second-order valence-electron chi connectivity index (χ2n) is 6.43. The Morgan fingerprint density at radius 2 is 1.71 bits per heavy atom. The van der Waals surface area contributed by atoms with Crippen molar-refractivity contribution in [2.24, 2.45) is 5.73 Å². The van der Waals surface area contributed by atoms with Crippen LogP contribution in [-0.4, -0.2) is 54.9 Å². The summed E-state index contributed by atoms with van der Waals surface area (Å²) in [5.74, 6) is 0. The molecule has 1 aliphatic heterocycles. The molecule has 2 unspecified atom stereocenters. The number of nitrogens with two attached hydrogens (primary N) is 1. The van der Waals surface area contributed by atoms with Crippen LogP contribution in [-0.2, 0) is 10.0 Å². The fourth-order valence-electron chi connectivity index (χ4n) is 3.05. The molecule has 0 aromatic heterocycles. The van der Waals surface area contributed by atoms with Gasteiger partial charge in [-0.3, -0.25) is 4.72 Å². The van der Waals surface area contributed by atoms with Gasteiger partial charge in [-0.25, -0.2) is 8.42 Å². The molecule has 3 rings (SSSR count). The van der Waals surface area contributed by atoms with E-state index in [1.54, 1.807) is 12.1 Å². The lowest BCUT2D eigenvalue weighted by Gasteiger charge is -2.44. The van der Waals surface area contributed by atoms with Gasteiger partial charge in [0, 0.05) is 19.1 Å². The molecule has 2 aliphatic rings. The van der Waals surface area contributed by atoms with E-state index in [1.807, 2.05) is 11.8 Å². The van der Waals surface area contributed by atoms with Gasteiger partial charge >= 0.3 is 0 Å². The molecule has 132 valence electrons. The lowest BCUT2D eigenvalue weighted by molar-refractivity contribution is 0.00408. The van der Waals surface area contributed by atoms with E-state index < -0.39 is 22.2 Å². The number of aliphatic hydroxyl groups excluding tert-OH is 2. The maximum absolute atomic E-state index is 12.5. The average Bonchev–Trinajstić information content (AvgIpc) is 2.56. The van der Waals surface area contributed by atoms with Crippen molar-refractivity contribution in [1.29, 1.82) is 0 Å². The van der Waals surface area contributed by atoms with Crippen LogP contribution >= 0.6 is 0 Å². The molecule has 0 amide bonds. The number of nitrogens with zero attached hydrogens (tertiary/aromatic N) is 1. The normalized spacial score (nSPS) is 25.6. The van der Waals surface area contributed by atoms with E-state index in [0.29, 0.717) is 18.8 Å². The van der Waals surface area contributed by atoms with Crippen LogP contribution in [0.2, 0.25) is 0 Å². The van der Waals surface area contributed by atoms with Crippen LogP contribution in [0.25, 0.3) is 0 Å². The topological polar surface area (TPSA) is 116 Å². The van der Waals surface area contributed by atoms with Crippen LogP contribution < -0.4 is 10.5 Å². The molecule has 1 saturated heterocycles. The SMILES string of the molecule is Cc1ccc(S(=O)(=O)NC2=C(N3CCC(N)CC3)C(O)C2O)cc1. The summed E-state index contributed by atoms with van der Waals surface area (Å²) in [5.41, 5.74) is 7.43. The Kier molecular flexibility index (Phi) is 4.56. The summed E-state index contributed by atoms with van der Waals surface area (Å²) in [6.45, 7) is 3.14. The number of likely N-dealkylation sites (tertiary alicyclic amines) is 1. The van der Waals surface area contributed by atoms with Crippen molar-refractivity contribution in [3.63, 3.8) is 0 Å². The summed E-state index contributed by atoms with van der Waals surface area (Å²) < 4.78 is 27.4. The second kappa shape index (κ2) is 6.36. The Balaban J connectivity index is 1.84. The zero-order valence-corrected chi connectivity index (χ0v) is 14.3. The first-order chi connectivity index (χ1) is 11.3. The molecule has 1 heterocycles. The number of rotatable bonds is 4. The van der Waals surface area contributed by atoms with E-state index in [1.165, 1.54) is 12.1 Å². The van der Waals surface area contributed by atoms with Crippen molar-refractivity contribution in [2.75, 3.05) is 13.1 Å². The fourth-order valence-corrected chi connectivity index (χ4v) is 4.18. The van der Waals surface area contributed by atoms with Gasteiger partial charge in [0.2, 0.25) is 0 Å². The van der Waals surface area contributed by atoms with Crippen LogP contribution in [0, 0.1) is 6.92 Å². The number of benzene rings is 1. The molecule has 1 aromatic rings. The minimum absolute atomic E-state index is 0.120. The Hall–Kier alpha value is -1.61. The molecule has 7 nitrogen and oxygen atoms in total. The summed E-state index contributed by atoms with van der Waals surface area (Å²) in [6.07, 6.45) is -0.764. The highest BCUT2D eigenvalue weighted by atomic mass is 32.2. The monoisotopic (exact) mass is 353 g/mol. The molecule has 1 aromatic carbocycles. The first-order valence-corrected chi connectivity index (χ1v) is 9.48. The fraction of sp³-hybridized carbons (Fsp3) is 0.500. The average molecular weight is 353 g/mol. The molecule has 1 fully saturated rings. The zero-order valence-electron chi connectivity index (χ0n) is 13.5. The van der Waals surface area contributed by atoms with E-state index >= 15 is 0 Å². The van der Waals surface area contributed by atoms with Gasteiger partial charge in [-0.2, -0.15) is 0 Å². The number of hydrogen-bond acceptors (Lipinski definition) is 6. The van der Waals surface area contributed by atoms with E-state index in [2.05, 4.69) is 4.72 Å². The standard InChI is InChI=1S/C16H23N3O4S/c1-10-2-4-12(5-3-10)24(22,23)18-13-14(16(21)15(13)20)19-8-6-11(17)7-9-19/h2-5,11,15-16,18,20-21H,6-9,17H2,1H3. The lowest BCUT2D eigenvalue weighted by atomic mass is 9.91. The third-order valence-electron chi connectivity index (χ3n) is 4.61. The molecule has 0 saturated carbocycles. The van der Waals surface area contributed by atoms with Gasteiger partial charge in [-0.1, -0.05) is 17.7 Å². The molecule has 0 radical (unpaired) electrons. The van der Waals surface area contributed by atoms with E-state index in [0.717, 1.165) is 18.4 Å². The Morgan fingerprint density at radius 3 is 2.29 bits per heavy atom. The van der Waals surface area contributed by atoms with Crippen LogP contribution in [0.3, 0.4) is 0 Å². The summed E-state index contributed by atoms with van der Waals surface area (Å²) in [5, 5.41) is 20.1. The molecule has 8 heteroatoms. The number of sulfonamides is 1. The van der Waals surface area contributed by atoms with Gasteiger partial charge in [0.25, 0.3) is 10.0 Å². The number of nitrogens with one attached hydrogen (secondary N) is 1. The molecular formula is C16H23N3O4S. The predicted octanol–water partition coefficient (Wildman–Crippen LogP) is -0.357. The zero-order chi connectivity index (χ0) is 17.5. The highest BCUT2D eigenvalue weighted by molar-refractivity contribution is 7.89. The van der Waals surface area contributed by atoms with Gasteiger partial charge in [0.15, 0.2) is 0 Å². The molecule has 1 aliphatic carbocycles. The summed E-state index contributed by atoms with van der Waals surface area (Å²) in [6, 6.07) is 6.57. The van der Waals surface area contributed by atoms with Gasteiger partial charge in [-0.05, 0) is 31.9 Å². The minimum atomic E-state index is -3.81. The summed E-state index contributed by atoms with van der Waals surface area (Å²) in [7, 11) is -3.81. The van der Waals surface area contributed by atoms with Crippen molar-refractivity contribution in [2.45, 2.75) is 42.9 Å². The van der Waals surface area contributed by atoms with E-state index in [-0.39, 0.29) is 16.6 Å². The van der Waals surface area contributed by atoms with Gasteiger partial charge < -0.3 is 20.8 Å². The third kappa shape index (κ3) is 3.14. The first kappa shape index (κ1) is 17.2. The van der Waals surface area contributed by atoms with Gasteiger partial charge in [-0.15, -0.1) is 0 Å². The highest BCUT2D eigenvalue weighted by Crippen LogP contribution is 2.33. The van der Waals surface area contributed by atoms with Crippen LogP contribution in [0.1, 0.15) is 18.4 Å². The van der Waals surface area contributed by atoms with Crippen LogP contribution in [0.4, 0.5) is 0 Å². The third-order valence-corrected chi connectivity index (χ3v) is 5.99. The first-order valence-electron chi connectivity index (χ1n) is 8.00. The van der Waals surface area contributed by atoms with Crippen molar-refractivity contribution < 1.29 is 18.6 Å². The lowest BCUT2D eigenvalue weighted by Crippen LogP contribution is -2.55. The number of aliphatic hydroxyl groups is 2. The predicted molar refractivity (Wildman–Crippen MR) is 89.3 cm³/mol. The van der Waals surface area contributed by atoms with Crippen LogP contribution in [0.5, 0.6) is 0 Å². The van der Waals surface area contributed by atoms with Crippen LogP contribution in [0.15, 0.2) is 40.6 Å². The van der Waals surface area contributed by atoms with Crippen molar-refractivity contribution >= 4 is 10.0 Å². The molecule has 0 bridgehead atoms. The second-order valence-corrected chi connectivity index (χ2v) is 8.11. The molecular weight excluding hydrogens is 330 g/mol. The Labute approximate surface area is 141 Å². The largest absolute Gasteiger partial charge is 0.384 e. The summed E-state index contributed by atoms with van der Waals surface area (Å²) >= 11 is 0. The molecule has 24 heavy (non-hydrogen) atoms. The van der Waals surface area contributed by atoms with E-state index in [4.69, 9.17) is 5.73 Å². The van der Waals surface area contributed by atoms with E-state index in [9.17, 15) is 18.6 Å². The Morgan fingerprint density at radius 1 is 1.12 bits per heavy atom. The molecule has 0 spiro atoms. The van der Waals surface area contributed by atoms with Crippen molar-refractivity contribution in [3.8, 4) is 0 Å².